The van der Waals surface area contributed by atoms with Gasteiger partial charge in [0.1, 0.15) is 0 Å². The summed E-state index contributed by atoms with van der Waals surface area (Å²) < 4.78 is 10.7. The minimum atomic E-state index is 0.620. The topological polar surface area (TPSA) is 31.4 Å². The van der Waals surface area contributed by atoms with Crippen molar-refractivity contribution in [2.75, 3.05) is 7.11 Å². The van der Waals surface area contributed by atoms with Crippen molar-refractivity contribution in [1.29, 1.82) is 0 Å². The van der Waals surface area contributed by atoms with Crippen LogP contribution in [-0.4, -0.2) is 12.1 Å². The number of para-hydroxylation sites is 2. The summed E-state index contributed by atoms with van der Waals surface area (Å²) in [7, 11) is 1.62. The van der Waals surface area contributed by atoms with E-state index in [-0.39, 0.29) is 0 Å². The van der Waals surface area contributed by atoms with E-state index < -0.39 is 0 Å². The first-order valence-corrected chi connectivity index (χ1v) is 4.98. The molecule has 0 atom stereocenters. The summed E-state index contributed by atoms with van der Waals surface area (Å²) in [5, 5.41) is 2.49. The molecular formula is C10H9NO2S. The molecule has 1 aromatic carbocycles. The van der Waals surface area contributed by atoms with Gasteiger partial charge in [0.05, 0.1) is 7.11 Å². The van der Waals surface area contributed by atoms with Gasteiger partial charge in [-0.05, 0) is 12.1 Å². The maximum absolute atomic E-state index is 5.52. The monoisotopic (exact) mass is 207 g/mol. The molecule has 0 aliphatic heterocycles. The Bertz CT molecular complexity index is 400. The Labute approximate surface area is 85.9 Å². The van der Waals surface area contributed by atoms with Crippen LogP contribution < -0.4 is 9.47 Å². The molecule has 3 nitrogen and oxygen atoms in total. The second-order valence-corrected chi connectivity index (χ2v) is 3.41. The van der Waals surface area contributed by atoms with Crippen LogP contribution in [0.5, 0.6) is 16.7 Å². The molecule has 0 amide bonds. The highest BCUT2D eigenvalue weighted by molar-refractivity contribution is 7.11. The molecule has 2 rings (SSSR count). The largest absolute Gasteiger partial charge is 0.493 e. The molecule has 14 heavy (non-hydrogen) atoms. The van der Waals surface area contributed by atoms with Gasteiger partial charge < -0.3 is 9.47 Å². The maximum Gasteiger partial charge on any atom is 0.278 e. The van der Waals surface area contributed by atoms with Gasteiger partial charge in [-0.1, -0.05) is 23.5 Å². The van der Waals surface area contributed by atoms with E-state index in [2.05, 4.69) is 4.98 Å². The first-order chi connectivity index (χ1) is 6.90. The normalized spacial score (nSPS) is 9.79. The van der Waals surface area contributed by atoms with Gasteiger partial charge in [0.15, 0.2) is 11.5 Å². The van der Waals surface area contributed by atoms with Gasteiger partial charge in [0.2, 0.25) is 0 Å². The number of ether oxygens (including phenoxy) is 2. The third-order valence-corrected chi connectivity index (χ3v) is 2.32. The molecule has 0 spiro atoms. The summed E-state index contributed by atoms with van der Waals surface area (Å²) >= 11 is 1.45. The van der Waals surface area contributed by atoms with Gasteiger partial charge in [-0.3, -0.25) is 0 Å². The van der Waals surface area contributed by atoms with Gasteiger partial charge in [-0.2, -0.15) is 0 Å². The molecule has 0 bridgehead atoms. The van der Waals surface area contributed by atoms with E-state index in [1.165, 1.54) is 11.3 Å². The van der Waals surface area contributed by atoms with Crippen LogP contribution in [0.1, 0.15) is 0 Å². The minimum Gasteiger partial charge on any atom is -0.493 e. The number of nitrogens with zero attached hydrogens (tertiary/aromatic N) is 1. The smallest absolute Gasteiger partial charge is 0.278 e. The molecule has 1 aromatic heterocycles. The van der Waals surface area contributed by atoms with Crippen LogP contribution in [0.25, 0.3) is 0 Å². The standard InChI is InChI=1S/C10H9NO2S/c1-12-8-4-2-3-5-9(8)13-10-11-6-7-14-10/h2-7H,1H3. The molecule has 0 saturated heterocycles. The van der Waals surface area contributed by atoms with Crippen molar-refractivity contribution < 1.29 is 9.47 Å². The zero-order valence-corrected chi connectivity index (χ0v) is 8.45. The van der Waals surface area contributed by atoms with Crippen LogP contribution in [0.4, 0.5) is 0 Å². The van der Waals surface area contributed by atoms with Crippen molar-refractivity contribution in [2.45, 2.75) is 0 Å². The maximum atomic E-state index is 5.52. The van der Waals surface area contributed by atoms with Crippen molar-refractivity contribution in [3.63, 3.8) is 0 Å². The number of aromatic nitrogens is 1. The van der Waals surface area contributed by atoms with E-state index in [0.717, 1.165) is 0 Å². The zero-order chi connectivity index (χ0) is 9.80. The molecule has 4 heteroatoms. The summed E-state index contributed by atoms with van der Waals surface area (Å²) in [6.07, 6.45) is 1.70. The second kappa shape index (κ2) is 4.11. The number of hydrogen-bond acceptors (Lipinski definition) is 4. The van der Waals surface area contributed by atoms with Gasteiger partial charge in [0, 0.05) is 11.6 Å². The Hall–Kier alpha value is -1.55. The van der Waals surface area contributed by atoms with E-state index >= 15 is 0 Å². The lowest BCUT2D eigenvalue weighted by Crippen LogP contribution is -1.88. The predicted octanol–water partition coefficient (Wildman–Crippen LogP) is 2.94. The number of methoxy groups -OCH3 is 1. The Morgan fingerprint density at radius 3 is 2.64 bits per heavy atom. The zero-order valence-electron chi connectivity index (χ0n) is 7.64. The van der Waals surface area contributed by atoms with E-state index in [9.17, 15) is 0 Å². The first-order valence-electron chi connectivity index (χ1n) is 4.10. The first kappa shape index (κ1) is 9.02. The molecular weight excluding hydrogens is 198 g/mol. The summed E-state index contributed by atoms with van der Waals surface area (Å²) in [5.74, 6) is 1.40. The number of rotatable bonds is 3. The Morgan fingerprint density at radius 2 is 2.00 bits per heavy atom. The van der Waals surface area contributed by atoms with Crippen molar-refractivity contribution in [1.82, 2.24) is 4.98 Å². The summed E-state index contributed by atoms with van der Waals surface area (Å²) in [4.78, 5) is 4.03. The third kappa shape index (κ3) is 1.85. The SMILES string of the molecule is COc1ccccc1Oc1nccs1. The Kier molecular flexibility index (Phi) is 2.65. The molecule has 0 aliphatic carbocycles. The van der Waals surface area contributed by atoms with Crippen LogP contribution >= 0.6 is 11.3 Å². The predicted molar refractivity (Wildman–Crippen MR) is 55.2 cm³/mol. The number of hydrogen-bond donors (Lipinski definition) is 0. The fourth-order valence-electron chi connectivity index (χ4n) is 1.06. The van der Waals surface area contributed by atoms with Crippen LogP contribution in [-0.2, 0) is 0 Å². The average Bonchev–Trinajstić information content (AvgIpc) is 2.71. The van der Waals surface area contributed by atoms with Gasteiger partial charge >= 0.3 is 0 Å². The Balaban J connectivity index is 2.24. The highest BCUT2D eigenvalue weighted by atomic mass is 32.1. The molecule has 1 heterocycles. The van der Waals surface area contributed by atoms with Crippen LogP contribution in [0.2, 0.25) is 0 Å². The van der Waals surface area contributed by atoms with E-state index in [4.69, 9.17) is 9.47 Å². The van der Waals surface area contributed by atoms with Crippen molar-refractivity contribution in [2.24, 2.45) is 0 Å². The van der Waals surface area contributed by atoms with Crippen LogP contribution in [0.3, 0.4) is 0 Å². The highest BCUT2D eigenvalue weighted by Crippen LogP contribution is 2.31. The summed E-state index contributed by atoms with van der Waals surface area (Å²) in [5.41, 5.74) is 0. The lowest BCUT2D eigenvalue weighted by molar-refractivity contribution is 0.378. The molecule has 0 radical (unpaired) electrons. The molecule has 0 N–H and O–H groups in total. The Morgan fingerprint density at radius 1 is 1.21 bits per heavy atom. The van der Waals surface area contributed by atoms with E-state index in [1.54, 1.807) is 13.3 Å². The van der Waals surface area contributed by atoms with Crippen molar-refractivity contribution >= 4 is 11.3 Å². The quantitative estimate of drug-likeness (QED) is 0.775. The number of thiazole rings is 1. The molecule has 72 valence electrons. The molecule has 0 unspecified atom stereocenters. The molecule has 0 fully saturated rings. The molecule has 0 saturated carbocycles. The van der Waals surface area contributed by atoms with E-state index in [0.29, 0.717) is 16.7 Å². The van der Waals surface area contributed by atoms with Gasteiger partial charge in [-0.25, -0.2) is 4.98 Å². The minimum absolute atomic E-state index is 0.620. The third-order valence-electron chi connectivity index (χ3n) is 1.68. The van der Waals surface area contributed by atoms with Crippen molar-refractivity contribution in [3.05, 3.63) is 35.8 Å². The average molecular weight is 207 g/mol. The summed E-state index contributed by atoms with van der Waals surface area (Å²) in [6.45, 7) is 0. The fraction of sp³-hybridized carbons (Fsp3) is 0.100. The van der Waals surface area contributed by atoms with Gasteiger partial charge in [-0.15, -0.1) is 0 Å². The van der Waals surface area contributed by atoms with Crippen LogP contribution in [0, 0.1) is 0 Å². The number of benzene rings is 1. The molecule has 2 aromatic rings. The van der Waals surface area contributed by atoms with E-state index in [1.807, 2.05) is 29.6 Å². The second-order valence-electron chi connectivity index (χ2n) is 2.55. The van der Waals surface area contributed by atoms with Gasteiger partial charge in [0.25, 0.3) is 5.19 Å². The lowest BCUT2D eigenvalue weighted by Gasteiger charge is -2.06. The lowest BCUT2D eigenvalue weighted by atomic mass is 10.3. The fourth-order valence-corrected chi connectivity index (χ4v) is 1.56. The molecule has 0 aliphatic rings. The van der Waals surface area contributed by atoms with Crippen molar-refractivity contribution in [3.8, 4) is 16.7 Å². The highest BCUT2D eigenvalue weighted by Gasteiger charge is 2.04. The summed E-state index contributed by atoms with van der Waals surface area (Å²) in [6, 6.07) is 7.49. The van der Waals surface area contributed by atoms with Crippen LogP contribution in [0.15, 0.2) is 35.8 Å².